The van der Waals surface area contributed by atoms with Gasteiger partial charge in [0.15, 0.2) is 0 Å². The van der Waals surface area contributed by atoms with E-state index in [-0.39, 0.29) is 11.8 Å². The summed E-state index contributed by atoms with van der Waals surface area (Å²) >= 11 is 0. The van der Waals surface area contributed by atoms with Crippen molar-refractivity contribution in [3.05, 3.63) is 35.9 Å². The van der Waals surface area contributed by atoms with Crippen LogP contribution < -0.4 is 5.32 Å². The molecule has 1 aromatic carbocycles. The van der Waals surface area contributed by atoms with Crippen LogP contribution in [0.3, 0.4) is 0 Å². The summed E-state index contributed by atoms with van der Waals surface area (Å²) in [5, 5.41) is 21.9. The van der Waals surface area contributed by atoms with Crippen LogP contribution in [0.4, 0.5) is 0 Å². The molecule has 2 fully saturated rings. The highest BCUT2D eigenvalue weighted by Crippen LogP contribution is 2.25. The molecule has 174 valence electrons. The Morgan fingerprint density at radius 1 is 1.00 bits per heavy atom. The number of carbonyl (C=O) groups excluding carboxylic acids is 2. The van der Waals surface area contributed by atoms with Crippen LogP contribution in [-0.2, 0) is 25.6 Å². The molecule has 9 heteroatoms. The smallest absolute Gasteiger partial charge is 0.326 e. The van der Waals surface area contributed by atoms with Crippen molar-refractivity contribution >= 4 is 23.8 Å². The number of aryl methyl sites for hydroxylation is 1. The van der Waals surface area contributed by atoms with E-state index in [9.17, 15) is 29.4 Å². The third kappa shape index (κ3) is 5.45. The van der Waals surface area contributed by atoms with E-state index in [2.05, 4.69) is 5.32 Å². The van der Waals surface area contributed by atoms with Crippen molar-refractivity contribution in [1.82, 2.24) is 15.1 Å². The summed E-state index contributed by atoms with van der Waals surface area (Å²) in [5.41, 5.74) is 1.02. The van der Waals surface area contributed by atoms with Crippen LogP contribution in [0.1, 0.15) is 44.6 Å². The molecule has 0 aromatic heterocycles. The zero-order valence-corrected chi connectivity index (χ0v) is 18.3. The lowest BCUT2D eigenvalue weighted by Gasteiger charge is -2.32. The quantitative estimate of drug-likeness (QED) is 0.520. The second-order valence-corrected chi connectivity index (χ2v) is 8.52. The van der Waals surface area contributed by atoms with Gasteiger partial charge in [0, 0.05) is 13.1 Å². The number of nitrogens with zero attached hydrogens (tertiary/aromatic N) is 2. The highest BCUT2D eigenvalue weighted by Gasteiger charge is 2.43. The SMILES string of the molecule is C[C@H](N[C@@H](CCc1ccccc1)C(=O)O)C(=O)N1CCC[C@H]1C(=O)N1CCC[C@H]1C(=O)O. The molecule has 2 amide bonds. The fourth-order valence-electron chi connectivity index (χ4n) is 4.62. The molecule has 2 aliphatic heterocycles. The van der Waals surface area contributed by atoms with Crippen molar-refractivity contribution in [3.63, 3.8) is 0 Å². The molecule has 0 aliphatic carbocycles. The third-order valence-electron chi connectivity index (χ3n) is 6.33. The van der Waals surface area contributed by atoms with Gasteiger partial charge in [-0.25, -0.2) is 4.79 Å². The fourth-order valence-corrected chi connectivity index (χ4v) is 4.62. The number of amides is 2. The first-order valence-electron chi connectivity index (χ1n) is 11.2. The van der Waals surface area contributed by atoms with Gasteiger partial charge in [0.1, 0.15) is 18.1 Å². The molecule has 2 heterocycles. The van der Waals surface area contributed by atoms with Crippen LogP contribution in [0, 0.1) is 0 Å². The summed E-state index contributed by atoms with van der Waals surface area (Å²) in [6, 6.07) is 6.31. The van der Waals surface area contributed by atoms with Crippen molar-refractivity contribution < 1.29 is 29.4 Å². The Labute approximate surface area is 187 Å². The average Bonchev–Trinajstić information content (AvgIpc) is 3.46. The van der Waals surface area contributed by atoms with Gasteiger partial charge in [-0.3, -0.25) is 19.7 Å². The first-order chi connectivity index (χ1) is 15.3. The first kappa shape index (κ1) is 23.7. The summed E-state index contributed by atoms with van der Waals surface area (Å²) in [6.45, 7) is 2.38. The third-order valence-corrected chi connectivity index (χ3v) is 6.33. The molecule has 1 aromatic rings. The number of hydrogen-bond donors (Lipinski definition) is 3. The monoisotopic (exact) mass is 445 g/mol. The Bertz CT molecular complexity index is 845. The van der Waals surface area contributed by atoms with Crippen LogP contribution in [0.15, 0.2) is 30.3 Å². The van der Waals surface area contributed by atoms with Crippen LogP contribution >= 0.6 is 0 Å². The average molecular weight is 446 g/mol. The van der Waals surface area contributed by atoms with Crippen LogP contribution in [0.2, 0.25) is 0 Å². The maximum Gasteiger partial charge on any atom is 0.326 e. The number of aliphatic carboxylic acids is 2. The summed E-state index contributed by atoms with van der Waals surface area (Å²) in [6.07, 6.45) is 3.06. The molecule has 0 radical (unpaired) electrons. The Morgan fingerprint density at radius 2 is 1.62 bits per heavy atom. The second kappa shape index (κ2) is 10.6. The molecule has 0 unspecified atom stereocenters. The van der Waals surface area contributed by atoms with E-state index in [0.29, 0.717) is 51.6 Å². The van der Waals surface area contributed by atoms with Gasteiger partial charge < -0.3 is 20.0 Å². The van der Waals surface area contributed by atoms with E-state index < -0.39 is 36.1 Å². The Morgan fingerprint density at radius 3 is 2.25 bits per heavy atom. The number of carboxylic acids is 2. The standard InChI is InChI=1S/C23H31N3O6/c1-15(24-17(22(29)30)12-11-16-7-3-2-4-8-16)20(27)25-13-5-9-18(25)21(28)26-14-6-10-19(26)23(31)32/h2-4,7-8,15,17-19,24H,5-6,9-14H2,1H3,(H,29,30)(H,31,32)/t15-,17-,18-,19-/m0/s1. The van der Waals surface area contributed by atoms with Crippen molar-refractivity contribution in [3.8, 4) is 0 Å². The zero-order chi connectivity index (χ0) is 23.3. The summed E-state index contributed by atoms with van der Waals surface area (Å²) in [5.74, 6) is -2.72. The van der Waals surface area contributed by atoms with E-state index in [1.165, 1.54) is 9.80 Å². The lowest BCUT2D eigenvalue weighted by Crippen LogP contribution is -2.56. The van der Waals surface area contributed by atoms with Gasteiger partial charge in [0.05, 0.1) is 6.04 Å². The van der Waals surface area contributed by atoms with Crippen molar-refractivity contribution in [1.29, 1.82) is 0 Å². The van der Waals surface area contributed by atoms with E-state index in [0.717, 1.165) is 5.56 Å². The topological polar surface area (TPSA) is 127 Å². The predicted octanol–water partition coefficient (Wildman–Crippen LogP) is 1.12. The number of rotatable bonds is 9. The molecule has 4 atom stereocenters. The van der Waals surface area contributed by atoms with Crippen molar-refractivity contribution in [2.45, 2.75) is 69.6 Å². The normalized spacial score (nSPS) is 22.5. The van der Waals surface area contributed by atoms with Crippen LogP contribution in [0.25, 0.3) is 0 Å². The highest BCUT2D eigenvalue weighted by atomic mass is 16.4. The van der Waals surface area contributed by atoms with Gasteiger partial charge in [0.25, 0.3) is 0 Å². The minimum atomic E-state index is -1.03. The maximum absolute atomic E-state index is 13.1. The van der Waals surface area contributed by atoms with Crippen LogP contribution in [0.5, 0.6) is 0 Å². The van der Waals surface area contributed by atoms with Gasteiger partial charge in [-0.1, -0.05) is 30.3 Å². The zero-order valence-electron chi connectivity index (χ0n) is 18.3. The van der Waals surface area contributed by atoms with E-state index in [4.69, 9.17) is 0 Å². The van der Waals surface area contributed by atoms with Gasteiger partial charge >= 0.3 is 11.9 Å². The van der Waals surface area contributed by atoms with Gasteiger partial charge in [-0.15, -0.1) is 0 Å². The fraction of sp³-hybridized carbons (Fsp3) is 0.565. The number of carbonyl (C=O) groups is 4. The van der Waals surface area contributed by atoms with Crippen molar-refractivity contribution in [2.24, 2.45) is 0 Å². The Kier molecular flexibility index (Phi) is 7.84. The molecule has 0 spiro atoms. The molecule has 9 nitrogen and oxygen atoms in total. The molecule has 0 saturated carbocycles. The minimum absolute atomic E-state index is 0.327. The lowest BCUT2D eigenvalue weighted by molar-refractivity contribution is -0.152. The van der Waals surface area contributed by atoms with Gasteiger partial charge in [-0.2, -0.15) is 0 Å². The Hall–Kier alpha value is -2.94. The number of benzene rings is 1. The Balaban J connectivity index is 1.62. The molecule has 0 bridgehead atoms. The van der Waals surface area contributed by atoms with E-state index in [1.807, 2.05) is 30.3 Å². The molecular weight excluding hydrogens is 414 g/mol. The van der Waals surface area contributed by atoms with E-state index in [1.54, 1.807) is 6.92 Å². The largest absolute Gasteiger partial charge is 0.480 e. The predicted molar refractivity (Wildman–Crippen MR) is 116 cm³/mol. The molecule has 2 aliphatic rings. The summed E-state index contributed by atoms with van der Waals surface area (Å²) in [4.78, 5) is 52.2. The molecule has 2 saturated heterocycles. The first-order valence-corrected chi connectivity index (χ1v) is 11.2. The number of nitrogens with one attached hydrogen (secondary N) is 1. The summed E-state index contributed by atoms with van der Waals surface area (Å²) < 4.78 is 0. The minimum Gasteiger partial charge on any atom is -0.480 e. The van der Waals surface area contributed by atoms with Crippen molar-refractivity contribution in [2.75, 3.05) is 13.1 Å². The van der Waals surface area contributed by atoms with Gasteiger partial charge in [0.2, 0.25) is 11.8 Å². The lowest BCUT2D eigenvalue weighted by atomic mass is 10.0. The highest BCUT2D eigenvalue weighted by molar-refractivity contribution is 5.92. The molecule has 3 rings (SSSR count). The number of likely N-dealkylation sites (tertiary alicyclic amines) is 2. The number of hydrogen-bond acceptors (Lipinski definition) is 5. The van der Waals surface area contributed by atoms with Gasteiger partial charge in [-0.05, 0) is 51.0 Å². The van der Waals surface area contributed by atoms with E-state index >= 15 is 0 Å². The maximum atomic E-state index is 13.1. The summed E-state index contributed by atoms with van der Waals surface area (Å²) in [7, 11) is 0. The number of carboxylic acid groups (broad SMARTS) is 2. The molecular formula is C23H31N3O6. The molecule has 32 heavy (non-hydrogen) atoms. The molecule has 3 N–H and O–H groups in total. The second-order valence-electron chi connectivity index (χ2n) is 8.52. The van der Waals surface area contributed by atoms with Crippen LogP contribution in [-0.4, -0.2) is 81.0 Å².